The van der Waals surface area contributed by atoms with E-state index >= 15 is 0 Å². The Hall–Kier alpha value is -2.70. The average Bonchev–Trinajstić information content (AvgIpc) is 3.34. The first-order valence-electron chi connectivity index (χ1n) is 16.0. The van der Waals surface area contributed by atoms with Crippen LogP contribution in [-0.2, 0) is 28.6 Å². The molecule has 0 heterocycles. The highest BCUT2D eigenvalue weighted by Gasteiger charge is 2.65. The molecule has 0 unspecified atom stereocenters. The molecule has 4 saturated carbocycles. The summed E-state index contributed by atoms with van der Waals surface area (Å²) in [5.41, 5.74) is 0.145. The summed E-state index contributed by atoms with van der Waals surface area (Å²) in [5, 5.41) is 0. The summed E-state index contributed by atoms with van der Waals surface area (Å²) >= 11 is 0. The Bertz CT molecular complexity index is 1180. The minimum absolute atomic E-state index is 0.0189. The van der Waals surface area contributed by atoms with Crippen LogP contribution in [-0.4, -0.2) is 43.0 Å². The van der Waals surface area contributed by atoms with Crippen LogP contribution in [0, 0.1) is 46.3 Å². The van der Waals surface area contributed by atoms with Gasteiger partial charge >= 0.3 is 17.9 Å². The van der Waals surface area contributed by atoms with Crippen LogP contribution in [0.15, 0.2) is 30.3 Å². The topological polar surface area (TPSA) is 96.0 Å². The van der Waals surface area contributed by atoms with E-state index in [-0.39, 0.29) is 46.8 Å². The lowest BCUT2D eigenvalue weighted by molar-refractivity contribution is -0.196. The van der Waals surface area contributed by atoms with E-state index in [0.29, 0.717) is 35.7 Å². The summed E-state index contributed by atoms with van der Waals surface area (Å²) in [6.07, 6.45) is 8.56. The number of benzene rings is 1. The van der Waals surface area contributed by atoms with Crippen LogP contribution in [0.4, 0.5) is 0 Å². The summed E-state index contributed by atoms with van der Waals surface area (Å²) < 4.78 is 16.9. The van der Waals surface area contributed by atoms with E-state index < -0.39 is 11.8 Å². The third kappa shape index (κ3) is 5.53. The van der Waals surface area contributed by atoms with E-state index in [9.17, 15) is 19.2 Å². The number of carbonyl (C=O) groups is 4. The zero-order chi connectivity index (χ0) is 30.2. The lowest BCUT2D eigenvalue weighted by Crippen LogP contribution is -2.60. The monoisotopic (exact) mass is 580 g/mol. The second kappa shape index (κ2) is 12.1. The molecule has 0 aromatic heterocycles. The molecule has 1 aromatic rings. The lowest BCUT2D eigenvalue weighted by atomic mass is 9.43. The number of esters is 3. The van der Waals surface area contributed by atoms with Gasteiger partial charge in [-0.05, 0) is 98.7 Å². The van der Waals surface area contributed by atoms with Crippen molar-refractivity contribution in [3.05, 3.63) is 35.9 Å². The van der Waals surface area contributed by atoms with Crippen molar-refractivity contribution < 1.29 is 33.4 Å². The molecule has 7 heteroatoms. The van der Waals surface area contributed by atoms with Gasteiger partial charge in [0.05, 0.1) is 7.11 Å². The predicted octanol–water partition coefficient (Wildman–Crippen LogP) is 6.57. The van der Waals surface area contributed by atoms with Crippen LogP contribution < -0.4 is 0 Å². The van der Waals surface area contributed by atoms with E-state index in [2.05, 4.69) is 20.8 Å². The van der Waals surface area contributed by atoms with Crippen molar-refractivity contribution in [2.75, 3.05) is 7.11 Å². The number of rotatable bonds is 8. The molecule has 0 aliphatic heterocycles. The Morgan fingerprint density at radius 2 is 1.67 bits per heavy atom. The number of carbonyl (C=O) groups excluding carboxylic acids is 4. The molecular formula is C35H48O7. The lowest BCUT2D eigenvalue weighted by Gasteiger charge is -2.62. The molecule has 0 bridgehead atoms. The van der Waals surface area contributed by atoms with Crippen LogP contribution in [0.3, 0.4) is 0 Å². The van der Waals surface area contributed by atoms with Crippen LogP contribution in [0.25, 0.3) is 0 Å². The number of methoxy groups -OCH3 is 1. The largest absolute Gasteiger partial charge is 0.469 e. The van der Waals surface area contributed by atoms with E-state index in [1.165, 1.54) is 14.0 Å². The van der Waals surface area contributed by atoms with Crippen molar-refractivity contribution in [2.24, 2.45) is 46.3 Å². The maximum atomic E-state index is 13.5. The number of fused-ring (bicyclic) bond motifs is 5. The summed E-state index contributed by atoms with van der Waals surface area (Å²) in [7, 11) is 1.43. The van der Waals surface area contributed by atoms with Gasteiger partial charge in [-0.1, -0.05) is 51.1 Å². The highest BCUT2D eigenvalue weighted by atomic mass is 16.6. The summed E-state index contributed by atoms with van der Waals surface area (Å²) in [6.45, 7) is 8.43. The van der Waals surface area contributed by atoms with Crippen LogP contribution in [0.5, 0.6) is 0 Å². The fourth-order valence-electron chi connectivity index (χ4n) is 10.2. The number of ether oxygens (including phenoxy) is 3. The zero-order valence-corrected chi connectivity index (χ0v) is 25.9. The van der Waals surface area contributed by atoms with Gasteiger partial charge in [0.25, 0.3) is 5.78 Å². The Kier molecular flexibility index (Phi) is 8.87. The molecule has 0 amide bonds. The smallest absolute Gasteiger partial charge is 0.379 e. The fraction of sp³-hybridized carbons (Fsp3) is 0.714. The second-order valence-electron chi connectivity index (χ2n) is 14.1. The van der Waals surface area contributed by atoms with Crippen molar-refractivity contribution in [1.29, 1.82) is 0 Å². The van der Waals surface area contributed by atoms with E-state index in [0.717, 1.165) is 57.8 Å². The molecule has 5 rings (SSSR count). The molecule has 1 aromatic carbocycles. The maximum Gasteiger partial charge on any atom is 0.379 e. The minimum atomic E-state index is -0.770. The molecule has 42 heavy (non-hydrogen) atoms. The molecule has 0 N–H and O–H groups in total. The van der Waals surface area contributed by atoms with Gasteiger partial charge in [-0.25, -0.2) is 4.79 Å². The van der Waals surface area contributed by atoms with Gasteiger partial charge in [0, 0.05) is 24.3 Å². The summed E-state index contributed by atoms with van der Waals surface area (Å²) in [5.74, 6) is 0.511. The van der Waals surface area contributed by atoms with Crippen LogP contribution in [0.2, 0.25) is 0 Å². The van der Waals surface area contributed by atoms with E-state index in [1.54, 1.807) is 24.3 Å². The van der Waals surface area contributed by atoms with Crippen LogP contribution in [0.1, 0.15) is 102 Å². The van der Waals surface area contributed by atoms with Crippen molar-refractivity contribution in [3.8, 4) is 0 Å². The normalized spacial score (nSPS) is 37.8. The van der Waals surface area contributed by atoms with Gasteiger partial charge in [0.15, 0.2) is 0 Å². The quantitative estimate of drug-likeness (QED) is 0.148. The van der Waals surface area contributed by atoms with E-state index in [4.69, 9.17) is 14.2 Å². The molecule has 0 spiro atoms. The van der Waals surface area contributed by atoms with Crippen LogP contribution >= 0.6 is 0 Å². The summed E-state index contributed by atoms with van der Waals surface area (Å²) in [4.78, 5) is 50.3. The second-order valence-corrected chi connectivity index (χ2v) is 14.1. The Balaban J connectivity index is 1.44. The third-order valence-electron chi connectivity index (χ3n) is 12.3. The molecule has 0 radical (unpaired) electrons. The molecule has 4 fully saturated rings. The number of hydrogen-bond donors (Lipinski definition) is 0. The summed E-state index contributed by atoms with van der Waals surface area (Å²) in [6, 6.07) is 8.66. The molecule has 7 nitrogen and oxygen atoms in total. The minimum Gasteiger partial charge on any atom is -0.469 e. The molecule has 10 atom stereocenters. The van der Waals surface area contributed by atoms with Gasteiger partial charge in [-0.15, -0.1) is 0 Å². The zero-order valence-electron chi connectivity index (χ0n) is 25.9. The fourth-order valence-corrected chi connectivity index (χ4v) is 10.2. The van der Waals surface area contributed by atoms with Gasteiger partial charge < -0.3 is 14.2 Å². The Morgan fingerprint density at radius 1 is 0.929 bits per heavy atom. The number of ketones is 1. The maximum absolute atomic E-state index is 13.5. The Morgan fingerprint density at radius 3 is 2.36 bits per heavy atom. The third-order valence-corrected chi connectivity index (χ3v) is 12.3. The predicted molar refractivity (Wildman–Crippen MR) is 157 cm³/mol. The van der Waals surface area contributed by atoms with Crippen molar-refractivity contribution >= 4 is 23.7 Å². The van der Waals surface area contributed by atoms with Gasteiger partial charge in [-0.2, -0.15) is 0 Å². The average molecular weight is 581 g/mol. The van der Waals surface area contributed by atoms with Crippen molar-refractivity contribution in [2.45, 2.75) is 104 Å². The SMILES string of the molecule is COC(=O)CC[C@@H](C)[C@H]1CC[C@H]2[C@@H]3CC[C@@H]4C[C@H](OC(C)=O)CC[C@]4(C)[C@H]3C[C@H](OC(=O)C(=O)c3ccccc3)[C@]12C. The first-order chi connectivity index (χ1) is 20.0. The molecule has 4 aliphatic rings. The first-order valence-corrected chi connectivity index (χ1v) is 16.0. The van der Waals surface area contributed by atoms with Gasteiger partial charge in [-0.3, -0.25) is 14.4 Å². The first kappa shape index (κ1) is 30.7. The van der Waals surface area contributed by atoms with E-state index in [1.807, 2.05) is 6.07 Å². The van der Waals surface area contributed by atoms with Crippen molar-refractivity contribution in [1.82, 2.24) is 0 Å². The van der Waals surface area contributed by atoms with Gasteiger partial charge in [0.1, 0.15) is 12.2 Å². The Labute approximate surface area is 250 Å². The highest BCUT2D eigenvalue weighted by molar-refractivity contribution is 6.40. The molecule has 0 saturated heterocycles. The number of hydrogen-bond acceptors (Lipinski definition) is 7. The number of Topliss-reactive ketones (excluding diaryl/α,β-unsaturated/α-hetero) is 1. The van der Waals surface area contributed by atoms with Crippen molar-refractivity contribution in [3.63, 3.8) is 0 Å². The molecule has 230 valence electrons. The highest BCUT2D eigenvalue weighted by Crippen LogP contribution is 2.69. The van der Waals surface area contributed by atoms with Gasteiger partial charge in [0.2, 0.25) is 0 Å². The molecule has 4 aliphatic carbocycles. The molecular weight excluding hydrogens is 532 g/mol. The standard InChI is InChI=1S/C35H48O7/c1-21(11-16-31(37)40-5)27-14-15-28-26-13-12-24-19-25(41-22(2)36)17-18-34(24,3)29(26)20-30(35(27,28)4)42-33(39)32(38)23-9-7-6-8-10-23/h6-10,21,24-30H,11-20H2,1-5H3/t21-,24-,25-,26+,27-,28+,29+,30+,34+,35-/m1/s1.